The molecule has 0 unspecified atom stereocenters. The molecule has 2 rings (SSSR count). The summed E-state index contributed by atoms with van der Waals surface area (Å²) in [5, 5.41) is 0. The molecule has 0 amide bonds. The number of fused-ring (bicyclic) bond motifs is 1. The van der Waals surface area contributed by atoms with Gasteiger partial charge in [0.15, 0.2) is 0 Å². The smallest absolute Gasteiger partial charge is 0.134 e. The molecular formula is C36H84Cl2Si8. The molecule has 46 heavy (non-hydrogen) atoms. The van der Waals surface area contributed by atoms with Crippen LogP contribution in [0.25, 0.3) is 0 Å². The lowest BCUT2D eigenvalue weighted by molar-refractivity contribution is 0.883. The van der Waals surface area contributed by atoms with E-state index in [9.17, 15) is 22.2 Å². The van der Waals surface area contributed by atoms with Gasteiger partial charge < -0.3 is 0 Å². The maximum Gasteiger partial charge on any atom is 0.134 e. The van der Waals surface area contributed by atoms with Crippen LogP contribution in [0.3, 0.4) is 0 Å². The zero-order valence-electron chi connectivity index (χ0n) is 35.7. The molecule has 2 aliphatic rings. The standard InChI is InChI=1S/C36H84Cl2Si8/c1-25(2)39(26(3)4)41(29(9)10,30(11)12)45(35(21)22)44(38,34(19)20)40(27(5)6,28(7)8)42(31(13)14,32(15)16)46(45,36(23)24)43(39,37)33(17)18/h25-36H,1-24H3/t43-,44+,45-,46+. The van der Waals surface area contributed by atoms with Crippen LogP contribution in [0.15, 0.2) is 0 Å². The lowest BCUT2D eigenvalue weighted by Gasteiger charge is -2.70. The summed E-state index contributed by atoms with van der Waals surface area (Å²) in [6.07, 6.45) is -4.93. The molecule has 2 heterocycles. The number of rotatable bonds is 12. The van der Waals surface area contributed by atoms with Gasteiger partial charge in [-0.2, -0.15) is 22.2 Å². The van der Waals surface area contributed by atoms with Crippen LogP contribution in [-0.4, -0.2) is 54.5 Å². The quantitative estimate of drug-likeness (QED) is 0.136. The molecule has 0 aromatic rings. The third kappa shape index (κ3) is 3.94. The second-order valence-electron chi connectivity index (χ2n) is 20.4. The van der Waals surface area contributed by atoms with Crippen LogP contribution in [0.5, 0.6) is 0 Å². The third-order valence-corrected chi connectivity index (χ3v) is 273. The Balaban J connectivity index is 4.17. The minimum absolute atomic E-state index is 0.660. The van der Waals surface area contributed by atoms with Crippen molar-refractivity contribution in [2.24, 2.45) is 0 Å². The summed E-state index contributed by atoms with van der Waals surface area (Å²) < 4.78 is 0. The van der Waals surface area contributed by atoms with Crippen molar-refractivity contribution in [1.82, 2.24) is 0 Å². The van der Waals surface area contributed by atoms with E-state index in [-0.39, 0.29) is 0 Å². The highest BCUT2D eigenvalue weighted by molar-refractivity contribution is 8.45. The minimum Gasteiger partial charge on any atom is -0.175 e. The lowest BCUT2D eigenvalue weighted by Crippen LogP contribution is -2.92. The zero-order valence-corrected chi connectivity index (χ0v) is 45.2. The molecule has 2 fully saturated rings. The van der Waals surface area contributed by atoms with Crippen LogP contribution in [0.4, 0.5) is 0 Å². The Bertz CT molecular complexity index is 968. The molecule has 274 valence electrons. The highest BCUT2D eigenvalue weighted by Crippen LogP contribution is 2.84. The molecule has 0 saturated carbocycles. The van der Waals surface area contributed by atoms with Crippen molar-refractivity contribution in [3.63, 3.8) is 0 Å². The molecule has 0 radical (unpaired) electrons. The van der Waals surface area contributed by atoms with Crippen LogP contribution < -0.4 is 0 Å². The van der Waals surface area contributed by atoms with Gasteiger partial charge in [0.1, 0.15) is 12.8 Å². The van der Waals surface area contributed by atoms with Gasteiger partial charge in [-0.15, -0.1) is 0 Å². The van der Waals surface area contributed by atoms with Crippen LogP contribution in [0, 0.1) is 0 Å². The van der Waals surface area contributed by atoms with Gasteiger partial charge in [0, 0.05) is 14.2 Å². The van der Waals surface area contributed by atoms with Crippen molar-refractivity contribution in [2.45, 2.75) is 233 Å². The van der Waals surface area contributed by atoms with Gasteiger partial charge in [-0.25, -0.2) is 0 Å². The molecule has 0 spiro atoms. The van der Waals surface area contributed by atoms with E-state index in [1.165, 1.54) is 0 Å². The van der Waals surface area contributed by atoms with E-state index >= 15 is 0 Å². The van der Waals surface area contributed by atoms with Gasteiger partial charge in [-0.05, 0) is 11.1 Å². The largest absolute Gasteiger partial charge is 0.175 e. The van der Waals surface area contributed by atoms with E-state index < -0.39 is 54.5 Å². The van der Waals surface area contributed by atoms with E-state index in [2.05, 4.69) is 166 Å². The second kappa shape index (κ2) is 13.6. The van der Waals surface area contributed by atoms with Crippen molar-refractivity contribution in [3.8, 4) is 0 Å². The van der Waals surface area contributed by atoms with Crippen LogP contribution in [0.1, 0.15) is 166 Å². The molecule has 0 aromatic heterocycles. The van der Waals surface area contributed by atoms with E-state index in [4.69, 9.17) is 0 Å². The highest BCUT2D eigenvalue weighted by atomic mass is 35.6. The first-order chi connectivity index (χ1) is 20.6. The topological polar surface area (TPSA) is 0 Å². The summed E-state index contributed by atoms with van der Waals surface area (Å²) >= 11 is 19.7. The van der Waals surface area contributed by atoms with E-state index in [1.54, 1.807) is 0 Å². The first kappa shape index (κ1) is 44.5. The predicted molar refractivity (Wildman–Crippen MR) is 239 cm³/mol. The highest BCUT2D eigenvalue weighted by Gasteiger charge is 3.06. The molecule has 2 aliphatic heterocycles. The normalized spacial score (nSPS) is 33.8. The molecule has 0 aliphatic carbocycles. The fraction of sp³-hybridized carbons (Fsp3) is 1.00. The monoisotopic (exact) mass is 810 g/mol. The fourth-order valence-electron chi connectivity index (χ4n) is 18.3. The van der Waals surface area contributed by atoms with E-state index in [0.717, 1.165) is 55.4 Å². The summed E-state index contributed by atoms with van der Waals surface area (Å²) in [6.45, 7) is 62.5. The summed E-state index contributed by atoms with van der Waals surface area (Å²) in [7, 11) is -8.62. The maximum atomic E-state index is 9.87. The summed E-state index contributed by atoms with van der Waals surface area (Å²) in [5.41, 5.74) is 9.05. The molecular weight excluding hydrogens is 728 g/mol. The van der Waals surface area contributed by atoms with Crippen molar-refractivity contribution < 1.29 is 0 Å². The van der Waals surface area contributed by atoms with Crippen LogP contribution >= 0.6 is 22.2 Å². The van der Waals surface area contributed by atoms with Gasteiger partial charge >= 0.3 is 0 Å². The average molecular weight is 813 g/mol. The Morgan fingerprint density at radius 2 is 0.370 bits per heavy atom. The summed E-state index contributed by atoms with van der Waals surface area (Å²) in [5.74, 6) is 0. The SMILES string of the molecule is CC(C)[Si]1(C(C)C)[Si](C(C)C)(C(C)C)[Si@](Cl)(C(C)C)[Si@]2(C(C)C)[Si](C(C)C)(C(C)C)[Si](C(C)C)(C(C)C)[Si@@](Cl)(C(C)C)[Si@@]12C(C)C. The van der Waals surface area contributed by atoms with Crippen molar-refractivity contribution in [3.05, 3.63) is 0 Å². The van der Waals surface area contributed by atoms with Crippen molar-refractivity contribution in [1.29, 1.82) is 0 Å². The second-order valence-corrected chi connectivity index (χ2v) is 116. The Kier molecular flexibility index (Phi) is 13.2. The van der Waals surface area contributed by atoms with Gasteiger partial charge in [-0.3, -0.25) is 0 Å². The van der Waals surface area contributed by atoms with E-state index in [1.807, 2.05) is 0 Å². The summed E-state index contributed by atoms with van der Waals surface area (Å²) in [6, 6.07) is 0. The molecule has 4 atom stereocenters. The summed E-state index contributed by atoms with van der Waals surface area (Å²) in [4.78, 5) is 0. The minimum atomic E-state index is -2.46. The molecule has 0 N–H and O–H groups in total. The van der Waals surface area contributed by atoms with Gasteiger partial charge in [0.2, 0.25) is 0 Å². The average Bonchev–Trinajstić information content (AvgIpc) is 3.18. The lowest BCUT2D eigenvalue weighted by atomic mass is 10.5. The molecule has 0 bridgehead atoms. The van der Waals surface area contributed by atoms with E-state index in [0.29, 0.717) is 11.1 Å². The third-order valence-electron chi connectivity index (χ3n) is 16.3. The molecule has 10 heteroatoms. The van der Waals surface area contributed by atoms with Gasteiger partial charge in [0.25, 0.3) is 0 Å². The van der Waals surface area contributed by atoms with Gasteiger partial charge in [-0.1, -0.05) is 222 Å². The van der Waals surface area contributed by atoms with Crippen molar-refractivity contribution in [2.75, 3.05) is 0 Å². The van der Waals surface area contributed by atoms with Crippen LogP contribution in [0.2, 0.25) is 66.5 Å². The maximum absolute atomic E-state index is 9.87. The zero-order chi connectivity index (χ0) is 36.9. The van der Waals surface area contributed by atoms with Gasteiger partial charge in [0.05, 0.1) is 27.5 Å². The molecule has 0 aromatic carbocycles. The number of halogens is 2. The Hall–Kier alpha value is 2.32. The Labute approximate surface area is 307 Å². The Morgan fingerprint density at radius 1 is 0.217 bits per heavy atom. The molecule has 2 saturated heterocycles. The number of hydrogen-bond acceptors (Lipinski definition) is 0. The predicted octanol–water partition coefficient (Wildman–Crippen LogP) is 14.7. The molecule has 0 nitrogen and oxygen atoms in total. The number of hydrogen-bond donors (Lipinski definition) is 0. The fourth-order valence-corrected chi connectivity index (χ4v) is 600. The van der Waals surface area contributed by atoms with Crippen molar-refractivity contribution >= 4 is 76.7 Å². The van der Waals surface area contributed by atoms with Crippen LogP contribution in [-0.2, 0) is 0 Å². The first-order valence-electron chi connectivity index (χ1n) is 19.9. The first-order valence-corrected chi connectivity index (χ1v) is 47.9. The Morgan fingerprint density at radius 3 is 0.457 bits per heavy atom.